The number of para-hydroxylation sites is 1. The molecule has 1 fully saturated rings. The van der Waals surface area contributed by atoms with Gasteiger partial charge in [0.05, 0.1) is 0 Å². The summed E-state index contributed by atoms with van der Waals surface area (Å²) in [6, 6.07) is 16.1. The van der Waals surface area contributed by atoms with Gasteiger partial charge in [0.15, 0.2) is 0 Å². The molecular weight excluding hydrogens is 334 g/mol. The van der Waals surface area contributed by atoms with Gasteiger partial charge in [-0.3, -0.25) is 0 Å². The molecular formula is C24H23NS. The maximum atomic E-state index is 3.75. The molecule has 1 N–H and O–H groups in total. The van der Waals surface area contributed by atoms with Crippen LogP contribution in [0.1, 0.15) is 34.9 Å². The number of benzene rings is 2. The fraction of sp³-hybridized carbons (Fsp3) is 0.333. The Hall–Kier alpha value is -1.93. The van der Waals surface area contributed by atoms with Crippen molar-refractivity contribution in [3.8, 4) is 0 Å². The van der Waals surface area contributed by atoms with Crippen molar-refractivity contribution < 1.29 is 0 Å². The predicted molar refractivity (Wildman–Crippen MR) is 110 cm³/mol. The Bertz CT molecular complexity index is 928. The number of fused-ring (bicyclic) bond motifs is 6. The monoisotopic (exact) mass is 357 g/mol. The quantitative estimate of drug-likeness (QED) is 0.696. The largest absolute Gasteiger partial charge is 0.385 e. The van der Waals surface area contributed by atoms with E-state index >= 15 is 0 Å². The third kappa shape index (κ3) is 2.05. The van der Waals surface area contributed by atoms with E-state index in [0.29, 0.717) is 28.9 Å². The van der Waals surface area contributed by atoms with Crippen LogP contribution in [0.25, 0.3) is 0 Å². The molecule has 5 atom stereocenters. The van der Waals surface area contributed by atoms with Gasteiger partial charge in [-0.1, -0.05) is 60.7 Å². The zero-order chi connectivity index (χ0) is 17.1. The topological polar surface area (TPSA) is 12.0 Å². The van der Waals surface area contributed by atoms with E-state index in [9.17, 15) is 0 Å². The molecule has 2 aliphatic heterocycles. The number of aryl methyl sites for hydroxylation is 1. The van der Waals surface area contributed by atoms with Crippen molar-refractivity contribution in [1.29, 1.82) is 0 Å². The summed E-state index contributed by atoms with van der Waals surface area (Å²) in [6.45, 7) is 1.11. The van der Waals surface area contributed by atoms with Crippen molar-refractivity contribution in [1.82, 2.24) is 0 Å². The standard InChI is InChI=1S/C24H23NS/c1-2-10-17-16(9-1)21-18-11-3-4-13-20(18)26-24(21)22(17)19-12-5-7-15-8-6-14-25-23(15)19/h1-5,7,9-13,16-17,21-22,24-25H,6,8,14H2/t16?,17-,21?,22?,24?/m1/s1. The lowest BCUT2D eigenvalue weighted by molar-refractivity contribution is 0.484. The van der Waals surface area contributed by atoms with E-state index in [1.54, 1.807) is 11.1 Å². The molecule has 0 bridgehead atoms. The van der Waals surface area contributed by atoms with Gasteiger partial charge < -0.3 is 5.32 Å². The van der Waals surface area contributed by atoms with E-state index in [1.807, 2.05) is 0 Å². The lowest BCUT2D eigenvalue weighted by Gasteiger charge is -2.30. The number of allylic oxidation sites excluding steroid dienone is 4. The molecule has 1 saturated carbocycles. The number of nitrogens with one attached hydrogen (secondary N) is 1. The zero-order valence-electron chi connectivity index (χ0n) is 14.8. The zero-order valence-corrected chi connectivity index (χ0v) is 15.6. The molecule has 0 radical (unpaired) electrons. The first-order valence-corrected chi connectivity index (χ1v) is 10.8. The summed E-state index contributed by atoms with van der Waals surface area (Å²) in [7, 11) is 0. The number of hydrogen-bond donors (Lipinski definition) is 1. The van der Waals surface area contributed by atoms with Crippen molar-refractivity contribution >= 4 is 17.4 Å². The Morgan fingerprint density at radius 2 is 1.62 bits per heavy atom. The van der Waals surface area contributed by atoms with Gasteiger partial charge in [-0.05, 0) is 47.4 Å². The summed E-state index contributed by atoms with van der Waals surface area (Å²) in [5.41, 5.74) is 6.11. The Kier molecular flexibility index (Phi) is 3.37. The van der Waals surface area contributed by atoms with Crippen LogP contribution in [0.15, 0.2) is 71.7 Å². The van der Waals surface area contributed by atoms with Gasteiger partial charge in [-0.25, -0.2) is 0 Å². The van der Waals surface area contributed by atoms with Gasteiger partial charge >= 0.3 is 0 Å². The van der Waals surface area contributed by atoms with Crippen LogP contribution in [-0.4, -0.2) is 11.8 Å². The summed E-state index contributed by atoms with van der Waals surface area (Å²) in [5.74, 6) is 2.48. The molecule has 2 heterocycles. The molecule has 1 nitrogen and oxygen atoms in total. The van der Waals surface area contributed by atoms with E-state index in [4.69, 9.17) is 0 Å². The van der Waals surface area contributed by atoms with Crippen molar-refractivity contribution in [2.45, 2.75) is 34.8 Å². The molecule has 6 rings (SSSR count). The summed E-state index contributed by atoms with van der Waals surface area (Å²) < 4.78 is 0. The van der Waals surface area contributed by atoms with Gasteiger partial charge in [0.25, 0.3) is 0 Å². The number of thioether (sulfide) groups is 1. The van der Waals surface area contributed by atoms with Crippen molar-refractivity contribution in [2.75, 3.05) is 11.9 Å². The molecule has 0 spiro atoms. The molecule has 26 heavy (non-hydrogen) atoms. The highest BCUT2D eigenvalue weighted by Gasteiger charge is 2.54. The first-order chi connectivity index (χ1) is 12.9. The molecule has 4 aliphatic rings. The highest BCUT2D eigenvalue weighted by molar-refractivity contribution is 8.00. The van der Waals surface area contributed by atoms with Gasteiger partial charge in [0, 0.05) is 34.2 Å². The predicted octanol–water partition coefficient (Wildman–Crippen LogP) is 5.76. The highest BCUT2D eigenvalue weighted by atomic mass is 32.2. The maximum absolute atomic E-state index is 3.75. The minimum Gasteiger partial charge on any atom is -0.385 e. The Morgan fingerprint density at radius 3 is 2.50 bits per heavy atom. The van der Waals surface area contributed by atoms with Crippen LogP contribution in [0.4, 0.5) is 5.69 Å². The molecule has 4 unspecified atom stereocenters. The molecule has 2 heteroatoms. The molecule has 0 saturated heterocycles. The van der Waals surface area contributed by atoms with Gasteiger partial charge in [-0.15, -0.1) is 11.8 Å². The molecule has 2 aliphatic carbocycles. The van der Waals surface area contributed by atoms with Gasteiger partial charge in [0.2, 0.25) is 0 Å². The smallest absolute Gasteiger partial charge is 0.0408 e. The highest BCUT2D eigenvalue weighted by Crippen LogP contribution is 2.65. The normalized spacial score (nSPS) is 33.2. The second kappa shape index (κ2) is 5.79. The third-order valence-corrected chi connectivity index (χ3v) is 8.25. The SMILES string of the molecule is C1=CC2C3c4ccccc4SC3C(c3cccc4c3NCCC4)[C@@H]2C=C1. The van der Waals surface area contributed by atoms with Crippen LogP contribution < -0.4 is 5.32 Å². The Morgan fingerprint density at radius 1 is 0.846 bits per heavy atom. The van der Waals surface area contributed by atoms with Crippen LogP contribution in [0.5, 0.6) is 0 Å². The number of hydrogen-bond acceptors (Lipinski definition) is 2. The average molecular weight is 358 g/mol. The lowest BCUT2D eigenvalue weighted by Crippen LogP contribution is -2.20. The van der Waals surface area contributed by atoms with E-state index < -0.39 is 0 Å². The second-order valence-corrected chi connectivity index (χ2v) is 9.23. The summed E-state index contributed by atoms with van der Waals surface area (Å²) in [5, 5.41) is 4.40. The molecule has 0 aromatic heterocycles. The number of anilines is 1. The van der Waals surface area contributed by atoms with E-state index in [1.165, 1.54) is 29.0 Å². The maximum Gasteiger partial charge on any atom is 0.0408 e. The fourth-order valence-corrected chi connectivity index (χ4v) is 7.50. The Balaban J connectivity index is 1.51. The van der Waals surface area contributed by atoms with Crippen molar-refractivity contribution in [2.24, 2.45) is 11.8 Å². The van der Waals surface area contributed by atoms with Crippen LogP contribution >= 0.6 is 11.8 Å². The summed E-state index contributed by atoms with van der Waals surface area (Å²) in [4.78, 5) is 1.51. The average Bonchev–Trinajstić information content (AvgIpc) is 3.22. The fourth-order valence-electron chi connectivity index (χ4n) is 5.76. The van der Waals surface area contributed by atoms with E-state index in [0.717, 1.165) is 6.54 Å². The molecule has 2 aromatic rings. The van der Waals surface area contributed by atoms with Crippen LogP contribution in [0, 0.1) is 11.8 Å². The van der Waals surface area contributed by atoms with Crippen LogP contribution in [0.3, 0.4) is 0 Å². The Labute approximate surface area is 159 Å². The van der Waals surface area contributed by atoms with Gasteiger partial charge in [-0.2, -0.15) is 0 Å². The minimum atomic E-state index is 0.587. The van der Waals surface area contributed by atoms with Crippen LogP contribution in [0.2, 0.25) is 0 Å². The summed E-state index contributed by atoms with van der Waals surface area (Å²) in [6.07, 6.45) is 12.0. The first-order valence-electron chi connectivity index (χ1n) is 9.88. The van der Waals surface area contributed by atoms with Crippen molar-refractivity contribution in [3.05, 3.63) is 83.5 Å². The molecule has 0 amide bonds. The van der Waals surface area contributed by atoms with Crippen molar-refractivity contribution in [3.63, 3.8) is 0 Å². The molecule has 130 valence electrons. The van der Waals surface area contributed by atoms with E-state index in [2.05, 4.69) is 83.8 Å². The third-order valence-electron chi connectivity index (χ3n) is 6.77. The van der Waals surface area contributed by atoms with E-state index in [-0.39, 0.29) is 0 Å². The van der Waals surface area contributed by atoms with Gasteiger partial charge in [0.1, 0.15) is 0 Å². The first kappa shape index (κ1) is 15.2. The summed E-state index contributed by atoms with van der Waals surface area (Å²) >= 11 is 2.13. The van der Waals surface area contributed by atoms with Crippen LogP contribution in [-0.2, 0) is 6.42 Å². The molecule has 2 aromatic carbocycles. The second-order valence-electron chi connectivity index (χ2n) is 8.01. The minimum absolute atomic E-state index is 0.587. The number of rotatable bonds is 1. The lowest BCUT2D eigenvalue weighted by atomic mass is 9.79.